The molecule has 3 rings (SSSR count). The summed E-state index contributed by atoms with van der Waals surface area (Å²) in [5.74, 6) is -0.0481. The molecule has 0 aliphatic heterocycles. The van der Waals surface area contributed by atoms with E-state index < -0.39 is 5.97 Å². The lowest BCUT2D eigenvalue weighted by atomic mass is 10.1. The largest absolute Gasteiger partial charge is 0.476 e. The zero-order valence-electron chi connectivity index (χ0n) is 9.58. The second-order valence-electron chi connectivity index (χ2n) is 4.04. The third kappa shape index (κ3) is 1.64. The van der Waals surface area contributed by atoms with E-state index in [0.717, 1.165) is 11.1 Å². The van der Waals surface area contributed by atoms with Crippen molar-refractivity contribution in [2.45, 2.75) is 6.92 Å². The second-order valence-corrected chi connectivity index (χ2v) is 4.04. The maximum Gasteiger partial charge on any atom is 0.356 e. The van der Waals surface area contributed by atoms with Crippen LogP contribution in [0.2, 0.25) is 0 Å². The Morgan fingerprint density at radius 1 is 1.39 bits per heavy atom. The highest BCUT2D eigenvalue weighted by molar-refractivity contribution is 5.85. The van der Waals surface area contributed by atoms with Gasteiger partial charge in [0, 0.05) is 5.56 Å². The van der Waals surface area contributed by atoms with Crippen molar-refractivity contribution in [1.29, 1.82) is 0 Å². The quantitative estimate of drug-likeness (QED) is 0.716. The fourth-order valence-corrected chi connectivity index (χ4v) is 1.80. The van der Waals surface area contributed by atoms with E-state index in [1.54, 1.807) is 0 Å². The van der Waals surface area contributed by atoms with Crippen LogP contribution in [0.1, 0.15) is 16.1 Å². The number of fused-ring (bicyclic) bond motifs is 1. The Morgan fingerprint density at radius 2 is 2.22 bits per heavy atom. The van der Waals surface area contributed by atoms with Crippen molar-refractivity contribution in [3.8, 4) is 11.4 Å². The number of hydrogen-bond donors (Lipinski definition) is 2. The zero-order chi connectivity index (χ0) is 12.7. The molecule has 0 fully saturated rings. The number of rotatable bonds is 2. The predicted molar refractivity (Wildman–Crippen MR) is 64.5 cm³/mol. The lowest BCUT2D eigenvalue weighted by Gasteiger charge is -1.97. The Kier molecular flexibility index (Phi) is 2.16. The van der Waals surface area contributed by atoms with Crippen molar-refractivity contribution in [3.05, 3.63) is 41.7 Å². The lowest BCUT2D eigenvalue weighted by Crippen LogP contribution is -1.96. The van der Waals surface area contributed by atoms with Gasteiger partial charge in [0.2, 0.25) is 0 Å². The topological polar surface area (TPSA) is 83.3 Å². The molecular weight excluding hydrogens is 232 g/mol. The van der Waals surface area contributed by atoms with Crippen LogP contribution >= 0.6 is 0 Å². The summed E-state index contributed by atoms with van der Waals surface area (Å²) in [5, 5.41) is 11.8. The SMILES string of the molecule is Cc1cccc(-c2nc3nc(C(=O)O)cn3[nH]2)c1. The van der Waals surface area contributed by atoms with E-state index in [1.165, 1.54) is 10.7 Å². The summed E-state index contributed by atoms with van der Waals surface area (Å²) in [6.45, 7) is 2.00. The number of benzene rings is 1. The first-order valence-corrected chi connectivity index (χ1v) is 5.39. The molecular formula is C12H10N4O2. The lowest BCUT2D eigenvalue weighted by molar-refractivity contribution is 0.0691. The third-order valence-electron chi connectivity index (χ3n) is 2.64. The van der Waals surface area contributed by atoms with Gasteiger partial charge in [0.15, 0.2) is 11.5 Å². The van der Waals surface area contributed by atoms with E-state index in [-0.39, 0.29) is 5.69 Å². The summed E-state index contributed by atoms with van der Waals surface area (Å²) >= 11 is 0. The molecule has 0 aliphatic rings. The number of aryl methyl sites for hydroxylation is 1. The number of H-pyrrole nitrogens is 1. The number of carboxylic acid groups (broad SMARTS) is 1. The highest BCUT2D eigenvalue weighted by atomic mass is 16.4. The number of nitrogens with zero attached hydrogens (tertiary/aromatic N) is 3. The van der Waals surface area contributed by atoms with Crippen molar-refractivity contribution in [2.24, 2.45) is 0 Å². The first-order chi connectivity index (χ1) is 8.63. The Balaban J connectivity index is 2.09. The Hall–Kier alpha value is -2.63. The van der Waals surface area contributed by atoms with Crippen LogP contribution in [0.5, 0.6) is 0 Å². The monoisotopic (exact) mass is 242 g/mol. The minimum Gasteiger partial charge on any atom is -0.476 e. The average Bonchev–Trinajstić information content (AvgIpc) is 2.86. The molecule has 0 saturated carbocycles. The van der Waals surface area contributed by atoms with E-state index in [4.69, 9.17) is 5.11 Å². The molecule has 0 bridgehead atoms. The van der Waals surface area contributed by atoms with Gasteiger partial charge in [0.25, 0.3) is 5.78 Å². The summed E-state index contributed by atoms with van der Waals surface area (Å²) in [6, 6.07) is 7.87. The number of imidazole rings is 1. The van der Waals surface area contributed by atoms with Crippen LogP contribution in [0.15, 0.2) is 30.5 Å². The minimum atomic E-state index is -1.06. The smallest absolute Gasteiger partial charge is 0.356 e. The van der Waals surface area contributed by atoms with Crippen molar-refractivity contribution in [1.82, 2.24) is 19.6 Å². The number of aromatic amines is 1. The van der Waals surface area contributed by atoms with Gasteiger partial charge in [-0.1, -0.05) is 23.8 Å². The third-order valence-corrected chi connectivity index (χ3v) is 2.64. The predicted octanol–water partition coefficient (Wildman–Crippen LogP) is 1.73. The van der Waals surface area contributed by atoms with Crippen LogP contribution in [-0.2, 0) is 0 Å². The van der Waals surface area contributed by atoms with Crippen LogP contribution in [0, 0.1) is 6.92 Å². The van der Waals surface area contributed by atoms with Gasteiger partial charge in [0.1, 0.15) is 0 Å². The average molecular weight is 242 g/mol. The first kappa shape index (κ1) is 10.5. The molecule has 2 N–H and O–H groups in total. The normalized spacial score (nSPS) is 10.9. The zero-order valence-corrected chi connectivity index (χ0v) is 9.58. The van der Waals surface area contributed by atoms with E-state index >= 15 is 0 Å². The van der Waals surface area contributed by atoms with Gasteiger partial charge in [0.05, 0.1) is 6.20 Å². The fraction of sp³-hybridized carbons (Fsp3) is 0.0833. The molecule has 2 heterocycles. The number of hydrogen-bond acceptors (Lipinski definition) is 3. The Morgan fingerprint density at radius 3 is 2.89 bits per heavy atom. The molecule has 2 aromatic heterocycles. The maximum absolute atomic E-state index is 10.8. The second kappa shape index (κ2) is 3.69. The first-order valence-electron chi connectivity index (χ1n) is 5.39. The number of aromatic nitrogens is 4. The number of nitrogens with one attached hydrogen (secondary N) is 1. The maximum atomic E-state index is 10.8. The van der Waals surface area contributed by atoms with Crippen LogP contribution < -0.4 is 0 Å². The number of carbonyl (C=O) groups is 1. The summed E-state index contributed by atoms with van der Waals surface area (Å²) in [6.07, 6.45) is 1.41. The van der Waals surface area contributed by atoms with Crippen molar-refractivity contribution < 1.29 is 9.90 Å². The number of carboxylic acids is 1. The van der Waals surface area contributed by atoms with Crippen LogP contribution in [0.25, 0.3) is 17.2 Å². The van der Waals surface area contributed by atoms with Gasteiger partial charge >= 0.3 is 5.97 Å². The summed E-state index contributed by atoms with van der Waals surface area (Å²) in [7, 11) is 0. The van der Waals surface area contributed by atoms with Gasteiger partial charge in [-0.15, -0.1) is 0 Å². The molecule has 90 valence electrons. The molecule has 6 heteroatoms. The van der Waals surface area contributed by atoms with Gasteiger partial charge < -0.3 is 5.11 Å². The van der Waals surface area contributed by atoms with E-state index in [0.29, 0.717) is 11.6 Å². The molecule has 0 saturated heterocycles. The minimum absolute atomic E-state index is 0.0236. The molecule has 0 amide bonds. The van der Waals surface area contributed by atoms with Crippen molar-refractivity contribution >= 4 is 11.7 Å². The van der Waals surface area contributed by atoms with Crippen LogP contribution in [-0.4, -0.2) is 30.7 Å². The molecule has 0 radical (unpaired) electrons. The standard InChI is InChI=1S/C12H10N4O2/c1-7-3-2-4-8(5-7)10-14-12-13-9(11(17)18)6-16(12)15-10/h2-6H,1H3,(H,17,18)(H,13,14,15). The van der Waals surface area contributed by atoms with Crippen LogP contribution in [0.3, 0.4) is 0 Å². The summed E-state index contributed by atoms with van der Waals surface area (Å²) in [5.41, 5.74) is 2.05. The van der Waals surface area contributed by atoms with E-state index in [9.17, 15) is 4.79 Å². The van der Waals surface area contributed by atoms with Gasteiger partial charge in [-0.3, -0.25) is 5.10 Å². The summed E-state index contributed by atoms with van der Waals surface area (Å²) in [4.78, 5) is 18.9. The van der Waals surface area contributed by atoms with Crippen LogP contribution in [0.4, 0.5) is 0 Å². The number of aromatic carboxylic acids is 1. The molecule has 3 aromatic rings. The molecule has 1 aromatic carbocycles. The van der Waals surface area contributed by atoms with E-state index in [1.807, 2.05) is 31.2 Å². The van der Waals surface area contributed by atoms with Crippen molar-refractivity contribution in [2.75, 3.05) is 0 Å². The highest BCUT2D eigenvalue weighted by Crippen LogP contribution is 2.17. The van der Waals surface area contributed by atoms with Crippen molar-refractivity contribution in [3.63, 3.8) is 0 Å². The summed E-state index contributed by atoms with van der Waals surface area (Å²) < 4.78 is 1.50. The molecule has 0 atom stereocenters. The molecule has 0 unspecified atom stereocenters. The van der Waals surface area contributed by atoms with Gasteiger partial charge in [-0.05, 0) is 13.0 Å². The Labute approximate surface area is 102 Å². The Bertz CT molecular complexity index is 710. The van der Waals surface area contributed by atoms with E-state index in [2.05, 4.69) is 15.1 Å². The fourth-order valence-electron chi connectivity index (χ4n) is 1.80. The van der Waals surface area contributed by atoms with Gasteiger partial charge in [-0.2, -0.15) is 4.98 Å². The van der Waals surface area contributed by atoms with Gasteiger partial charge in [-0.25, -0.2) is 14.3 Å². The highest BCUT2D eigenvalue weighted by Gasteiger charge is 2.12. The molecule has 18 heavy (non-hydrogen) atoms. The molecule has 6 nitrogen and oxygen atoms in total. The molecule has 0 spiro atoms. The molecule has 0 aliphatic carbocycles.